The predicted molar refractivity (Wildman–Crippen MR) is 52.3 cm³/mol. The maximum Gasteiger partial charge on any atom is 0.271 e. The third-order valence-corrected chi connectivity index (χ3v) is 1.51. The molecular formula is C7H10N4OS. The molecule has 0 saturated carbocycles. The van der Waals surface area contributed by atoms with Crippen LogP contribution in [0.5, 0.6) is 0 Å². The zero-order valence-corrected chi connectivity index (χ0v) is 7.97. The highest BCUT2D eigenvalue weighted by Gasteiger charge is 2.07. The number of rotatable bonds is 3. The number of hydrogen-bond acceptors (Lipinski definition) is 3. The van der Waals surface area contributed by atoms with Crippen LogP contribution in [0.4, 0.5) is 0 Å². The number of aromatic nitrogens is 2. The molecule has 1 aromatic heterocycles. The van der Waals surface area contributed by atoms with Gasteiger partial charge in [-0.2, -0.15) is 0 Å². The SMILES string of the molecule is Cn1cnc(C(=O)NCC(N)=S)c1. The van der Waals surface area contributed by atoms with Crippen molar-refractivity contribution in [2.24, 2.45) is 12.8 Å². The van der Waals surface area contributed by atoms with Crippen molar-refractivity contribution in [2.75, 3.05) is 6.54 Å². The highest BCUT2D eigenvalue weighted by Crippen LogP contribution is 1.92. The van der Waals surface area contributed by atoms with Crippen molar-refractivity contribution >= 4 is 23.1 Å². The number of thiocarbonyl (C=S) groups is 1. The van der Waals surface area contributed by atoms with Crippen LogP contribution in [0.2, 0.25) is 0 Å². The van der Waals surface area contributed by atoms with Crippen molar-refractivity contribution in [2.45, 2.75) is 0 Å². The molecule has 0 unspecified atom stereocenters. The monoisotopic (exact) mass is 198 g/mol. The Balaban J connectivity index is 2.54. The molecule has 0 aliphatic rings. The maximum atomic E-state index is 11.3. The molecule has 0 atom stereocenters. The van der Waals surface area contributed by atoms with Gasteiger partial charge in [0.1, 0.15) is 5.69 Å². The number of imidazole rings is 1. The maximum absolute atomic E-state index is 11.3. The van der Waals surface area contributed by atoms with E-state index in [2.05, 4.69) is 22.5 Å². The second-order valence-electron chi connectivity index (χ2n) is 2.57. The van der Waals surface area contributed by atoms with Crippen LogP contribution >= 0.6 is 12.2 Å². The van der Waals surface area contributed by atoms with Gasteiger partial charge in [-0.1, -0.05) is 12.2 Å². The Bertz CT molecular complexity index is 333. The molecule has 6 heteroatoms. The third-order valence-electron chi connectivity index (χ3n) is 1.36. The van der Waals surface area contributed by atoms with Gasteiger partial charge in [-0.3, -0.25) is 4.79 Å². The molecule has 1 heterocycles. The molecule has 0 saturated heterocycles. The van der Waals surface area contributed by atoms with Gasteiger partial charge >= 0.3 is 0 Å². The van der Waals surface area contributed by atoms with E-state index in [0.29, 0.717) is 5.69 Å². The van der Waals surface area contributed by atoms with Crippen LogP contribution in [0.15, 0.2) is 12.5 Å². The number of carbonyl (C=O) groups excluding carboxylic acids is 1. The minimum absolute atomic E-state index is 0.199. The molecule has 1 amide bonds. The molecule has 3 N–H and O–H groups in total. The molecule has 5 nitrogen and oxygen atoms in total. The first kappa shape index (κ1) is 9.66. The molecule has 0 fully saturated rings. The Morgan fingerprint density at radius 1 is 1.85 bits per heavy atom. The van der Waals surface area contributed by atoms with Crippen LogP contribution in [-0.4, -0.2) is 27.0 Å². The Morgan fingerprint density at radius 2 is 2.54 bits per heavy atom. The van der Waals surface area contributed by atoms with Gasteiger partial charge in [0, 0.05) is 13.2 Å². The minimum atomic E-state index is -0.270. The molecule has 1 rings (SSSR count). The second-order valence-corrected chi connectivity index (χ2v) is 3.10. The lowest BCUT2D eigenvalue weighted by molar-refractivity contribution is 0.0955. The smallest absolute Gasteiger partial charge is 0.271 e. The zero-order chi connectivity index (χ0) is 9.84. The van der Waals surface area contributed by atoms with E-state index in [-0.39, 0.29) is 17.4 Å². The van der Waals surface area contributed by atoms with Gasteiger partial charge in [0.25, 0.3) is 5.91 Å². The summed E-state index contributed by atoms with van der Waals surface area (Å²) >= 11 is 4.61. The van der Waals surface area contributed by atoms with Gasteiger partial charge in [-0.05, 0) is 0 Å². The lowest BCUT2D eigenvalue weighted by Crippen LogP contribution is -2.32. The quantitative estimate of drug-likeness (QED) is 0.638. The van der Waals surface area contributed by atoms with Crippen LogP contribution in [0, 0.1) is 0 Å². The minimum Gasteiger partial charge on any atom is -0.392 e. The van der Waals surface area contributed by atoms with Gasteiger partial charge in [0.15, 0.2) is 0 Å². The highest BCUT2D eigenvalue weighted by atomic mass is 32.1. The first-order valence-corrected chi connectivity index (χ1v) is 4.05. The topological polar surface area (TPSA) is 72.9 Å². The van der Waals surface area contributed by atoms with Crippen LogP contribution in [0.25, 0.3) is 0 Å². The van der Waals surface area contributed by atoms with Crippen LogP contribution < -0.4 is 11.1 Å². The van der Waals surface area contributed by atoms with Crippen molar-refractivity contribution in [3.05, 3.63) is 18.2 Å². The lowest BCUT2D eigenvalue weighted by atomic mass is 10.4. The molecule has 0 aromatic carbocycles. The fraction of sp³-hybridized carbons (Fsp3) is 0.286. The van der Waals surface area contributed by atoms with Crippen molar-refractivity contribution < 1.29 is 4.79 Å². The van der Waals surface area contributed by atoms with E-state index < -0.39 is 0 Å². The average molecular weight is 198 g/mol. The number of nitrogens with one attached hydrogen (secondary N) is 1. The van der Waals surface area contributed by atoms with Crippen molar-refractivity contribution in [3.8, 4) is 0 Å². The second kappa shape index (κ2) is 3.99. The molecule has 0 aliphatic heterocycles. The summed E-state index contributed by atoms with van der Waals surface area (Å²) in [6.07, 6.45) is 3.17. The van der Waals surface area contributed by atoms with E-state index in [9.17, 15) is 4.79 Å². The summed E-state index contributed by atoms with van der Waals surface area (Å²) in [4.78, 5) is 15.4. The fourth-order valence-electron chi connectivity index (χ4n) is 0.788. The molecule has 0 bridgehead atoms. The summed E-state index contributed by atoms with van der Waals surface area (Å²) in [6.45, 7) is 0.199. The third kappa shape index (κ3) is 2.83. The number of nitrogens with two attached hydrogens (primary N) is 1. The van der Waals surface area contributed by atoms with Crippen LogP contribution in [0.3, 0.4) is 0 Å². The van der Waals surface area contributed by atoms with E-state index in [1.807, 2.05) is 0 Å². The number of nitrogens with zero attached hydrogens (tertiary/aromatic N) is 2. The molecule has 0 spiro atoms. The summed E-state index contributed by atoms with van der Waals surface area (Å²) in [5, 5.41) is 2.53. The molecule has 13 heavy (non-hydrogen) atoms. The molecule has 0 radical (unpaired) electrons. The summed E-state index contributed by atoms with van der Waals surface area (Å²) < 4.78 is 1.69. The Morgan fingerprint density at radius 3 is 3.00 bits per heavy atom. The first-order chi connectivity index (χ1) is 6.09. The first-order valence-electron chi connectivity index (χ1n) is 3.64. The van der Waals surface area contributed by atoms with Gasteiger partial charge < -0.3 is 15.6 Å². The Labute approximate surface area is 80.9 Å². The number of amides is 1. The van der Waals surface area contributed by atoms with Crippen molar-refractivity contribution in [3.63, 3.8) is 0 Å². The van der Waals surface area contributed by atoms with Gasteiger partial charge in [-0.25, -0.2) is 4.98 Å². The van der Waals surface area contributed by atoms with E-state index >= 15 is 0 Å². The standard InChI is InChI=1S/C7H10N4OS/c1-11-3-5(10-4-11)7(12)9-2-6(8)13/h3-4H,2H2,1H3,(H2,8,13)(H,9,12). The summed E-state index contributed by atoms with van der Waals surface area (Å²) in [5.74, 6) is -0.270. The number of carbonyl (C=O) groups is 1. The summed E-state index contributed by atoms with van der Waals surface area (Å²) in [5.41, 5.74) is 5.58. The van der Waals surface area contributed by atoms with E-state index in [4.69, 9.17) is 5.73 Å². The van der Waals surface area contributed by atoms with Gasteiger partial charge in [0.05, 0.1) is 17.9 Å². The number of hydrogen-bond donors (Lipinski definition) is 2. The Kier molecular flexibility index (Phi) is 2.97. The Hall–Kier alpha value is -1.43. The highest BCUT2D eigenvalue weighted by molar-refractivity contribution is 7.80. The number of aryl methyl sites for hydroxylation is 1. The lowest BCUT2D eigenvalue weighted by Gasteiger charge is -1.99. The van der Waals surface area contributed by atoms with Gasteiger partial charge in [-0.15, -0.1) is 0 Å². The van der Waals surface area contributed by atoms with Crippen molar-refractivity contribution in [1.82, 2.24) is 14.9 Å². The van der Waals surface area contributed by atoms with Crippen LogP contribution in [-0.2, 0) is 7.05 Å². The predicted octanol–water partition coefficient (Wildman–Crippen LogP) is -0.564. The largest absolute Gasteiger partial charge is 0.392 e. The van der Waals surface area contributed by atoms with Crippen LogP contribution in [0.1, 0.15) is 10.5 Å². The summed E-state index contributed by atoms with van der Waals surface area (Å²) in [7, 11) is 1.79. The molecule has 1 aromatic rings. The average Bonchev–Trinajstić information content (AvgIpc) is 2.47. The van der Waals surface area contributed by atoms with E-state index in [1.165, 1.54) is 0 Å². The van der Waals surface area contributed by atoms with Crippen molar-refractivity contribution in [1.29, 1.82) is 0 Å². The zero-order valence-electron chi connectivity index (χ0n) is 7.15. The molecule has 70 valence electrons. The summed E-state index contributed by atoms with van der Waals surface area (Å²) in [6, 6.07) is 0. The van der Waals surface area contributed by atoms with E-state index in [1.54, 1.807) is 24.1 Å². The molecule has 0 aliphatic carbocycles. The van der Waals surface area contributed by atoms with Gasteiger partial charge in [0.2, 0.25) is 0 Å². The fourth-order valence-corrected chi connectivity index (χ4v) is 0.860. The van der Waals surface area contributed by atoms with E-state index in [0.717, 1.165) is 0 Å². The normalized spacial score (nSPS) is 9.62. The molecular weight excluding hydrogens is 188 g/mol.